The molecule has 0 aliphatic carbocycles. The monoisotopic (exact) mass is 344 g/mol. The van der Waals surface area contributed by atoms with E-state index in [-0.39, 0.29) is 22.2 Å². The molecular formula is C8H14BrFN4OS2. The summed E-state index contributed by atoms with van der Waals surface area (Å²) in [5, 5.41) is 3.87. The molecule has 0 aromatic carbocycles. The minimum Gasteiger partial charge on any atom is -0.303 e. The highest BCUT2D eigenvalue weighted by molar-refractivity contribution is 9.10. The molecule has 1 aromatic heterocycles. The van der Waals surface area contributed by atoms with Gasteiger partial charge in [0.1, 0.15) is 0 Å². The Kier molecular flexibility index (Phi) is 6.60. The quantitative estimate of drug-likeness (QED) is 0.755. The van der Waals surface area contributed by atoms with Crippen molar-refractivity contribution in [2.75, 3.05) is 25.4 Å². The van der Waals surface area contributed by atoms with Gasteiger partial charge in [0.15, 0.2) is 12.3 Å². The van der Waals surface area contributed by atoms with Crippen LogP contribution in [-0.4, -0.2) is 48.7 Å². The Morgan fingerprint density at radius 2 is 2.18 bits per heavy atom. The van der Waals surface area contributed by atoms with E-state index in [1.54, 1.807) is 0 Å². The first-order valence-electron chi connectivity index (χ1n) is 5.14. The van der Waals surface area contributed by atoms with E-state index in [2.05, 4.69) is 30.9 Å². The summed E-state index contributed by atoms with van der Waals surface area (Å²) in [4.78, 5) is 6.05. The lowest BCUT2D eigenvalue weighted by atomic mass is 10.5. The predicted molar refractivity (Wildman–Crippen MR) is 70.9 cm³/mol. The van der Waals surface area contributed by atoms with Gasteiger partial charge in [0.2, 0.25) is 9.89 Å². The smallest absolute Gasteiger partial charge is 0.231 e. The van der Waals surface area contributed by atoms with Gasteiger partial charge in [-0.15, -0.1) is 13.1 Å². The minimum absolute atomic E-state index is 0.103. The van der Waals surface area contributed by atoms with Gasteiger partial charge in [-0.3, -0.25) is 4.21 Å². The summed E-state index contributed by atoms with van der Waals surface area (Å²) in [6.07, 6.45) is 0. The Bertz CT molecular complexity index is 386. The van der Waals surface area contributed by atoms with Gasteiger partial charge in [0.25, 0.3) is 0 Å². The normalized spacial score (nSPS) is 13.2. The molecule has 0 saturated carbocycles. The molecule has 0 fully saturated rings. The first kappa shape index (κ1) is 15.1. The van der Waals surface area contributed by atoms with Crippen molar-refractivity contribution in [2.45, 2.75) is 19.0 Å². The maximum absolute atomic E-state index is 12.5. The van der Waals surface area contributed by atoms with Crippen LogP contribution >= 0.6 is 28.3 Å². The van der Waals surface area contributed by atoms with Gasteiger partial charge in [0.05, 0.1) is 10.8 Å². The van der Waals surface area contributed by atoms with Gasteiger partial charge in [0, 0.05) is 12.3 Å². The van der Waals surface area contributed by atoms with Crippen molar-refractivity contribution in [3.8, 4) is 0 Å². The Morgan fingerprint density at radius 1 is 1.53 bits per heavy atom. The van der Waals surface area contributed by atoms with E-state index in [9.17, 15) is 8.09 Å². The maximum Gasteiger partial charge on any atom is 0.231 e. The fourth-order valence-electron chi connectivity index (χ4n) is 1.29. The number of aromatic nitrogens is 3. The van der Waals surface area contributed by atoms with Gasteiger partial charge < -0.3 is 4.90 Å². The fraction of sp³-hybridized carbons (Fsp3) is 0.750. The Hall–Kier alpha value is 0.01000. The van der Waals surface area contributed by atoms with E-state index in [1.165, 1.54) is 0 Å². The molecule has 1 unspecified atom stereocenters. The topological polar surface area (TPSA) is 51.0 Å². The summed E-state index contributed by atoms with van der Waals surface area (Å²) >= 11 is 2.93. The van der Waals surface area contributed by atoms with E-state index >= 15 is 0 Å². The van der Waals surface area contributed by atoms with Gasteiger partial charge in [-0.05, 0) is 29.0 Å². The second-order valence-corrected chi connectivity index (χ2v) is 5.84. The molecule has 0 N–H and O–H groups in total. The van der Waals surface area contributed by atoms with Crippen LogP contribution < -0.4 is 0 Å². The molecule has 0 spiro atoms. The molecule has 1 atom stereocenters. The summed E-state index contributed by atoms with van der Waals surface area (Å²) in [5.74, 6) is 0.424. The molecule has 98 valence electrons. The number of halogens is 2. The highest BCUT2D eigenvalue weighted by Crippen LogP contribution is 2.16. The lowest BCUT2D eigenvalue weighted by Crippen LogP contribution is -2.27. The fourth-order valence-corrected chi connectivity index (χ4v) is 3.39. The van der Waals surface area contributed by atoms with Crippen molar-refractivity contribution in [2.24, 2.45) is 0 Å². The number of nitrogens with zero attached hydrogens (tertiary/aromatic N) is 4. The molecule has 1 heterocycles. The highest BCUT2D eigenvalue weighted by Gasteiger charge is 2.16. The Labute approximate surface area is 115 Å². The SMILES string of the molecule is CCN(CC)CCS(=O)c1nc(Br)nn1SF. The van der Waals surface area contributed by atoms with Crippen molar-refractivity contribution in [1.82, 2.24) is 19.1 Å². The zero-order valence-electron chi connectivity index (χ0n) is 9.60. The molecule has 0 saturated heterocycles. The zero-order valence-corrected chi connectivity index (χ0v) is 12.8. The Balaban J connectivity index is 2.63. The van der Waals surface area contributed by atoms with Gasteiger partial charge in [-0.2, -0.15) is 4.98 Å². The summed E-state index contributed by atoms with van der Waals surface area (Å²) < 4.78 is 25.6. The summed E-state index contributed by atoms with van der Waals surface area (Å²) in [6.45, 7) is 6.59. The summed E-state index contributed by atoms with van der Waals surface area (Å²) in [6, 6.07) is 0. The van der Waals surface area contributed by atoms with Crippen LogP contribution in [-0.2, 0) is 10.8 Å². The maximum atomic E-state index is 12.5. The molecule has 0 amide bonds. The van der Waals surface area contributed by atoms with Crippen molar-refractivity contribution >= 4 is 39.1 Å². The number of rotatable bonds is 7. The third kappa shape index (κ3) is 4.31. The predicted octanol–water partition coefficient (Wildman–Crippen LogP) is 1.87. The molecule has 1 rings (SSSR count). The first-order valence-corrected chi connectivity index (χ1v) is 7.93. The molecule has 9 heteroatoms. The van der Waals surface area contributed by atoms with Gasteiger partial charge in [-0.25, -0.2) is 0 Å². The van der Waals surface area contributed by atoms with Crippen molar-refractivity contribution < 1.29 is 8.09 Å². The van der Waals surface area contributed by atoms with Crippen LogP contribution in [0.15, 0.2) is 9.89 Å². The molecular weight excluding hydrogens is 331 g/mol. The van der Waals surface area contributed by atoms with Crippen molar-refractivity contribution in [1.29, 1.82) is 0 Å². The van der Waals surface area contributed by atoms with E-state index in [4.69, 9.17) is 0 Å². The molecule has 0 radical (unpaired) electrons. The van der Waals surface area contributed by atoms with Crippen molar-refractivity contribution in [3.05, 3.63) is 4.73 Å². The van der Waals surface area contributed by atoms with Crippen LogP contribution in [0, 0.1) is 0 Å². The molecule has 1 aromatic rings. The number of hydrogen-bond donors (Lipinski definition) is 0. The molecule has 0 bridgehead atoms. The highest BCUT2D eigenvalue weighted by atomic mass is 79.9. The van der Waals surface area contributed by atoms with Gasteiger partial charge >= 0.3 is 0 Å². The van der Waals surface area contributed by atoms with Crippen LogP contribution in [0.5, 0.6) is 0 Å². The van der Waals surface area contributed by atoms with Crippen LogP contribution in [0.25, 0.3) is 0 Å². The molecule has 17 heavy (non-hydrogen) atoms. The van der Waals surface area contributed by atoms with E-state index < -0.39 is 10.8 Å². The zero-order chi connectivity index (χ0) is 12.8. The van der Waals surface area contributed by atoms with Crippen LogP contribution in [0.4, 0.5) is 3.89 Å². The van der Waals surface area contributed by atoms with Crippen LogP contribution in [0.2, 0.25) is 0 Å². The average Bonchev–Trinajstić information content (AvgIpc) is 2.71. The molecule has 0 aliphatic heterocycles. The lowest BCUT2D eigenvalue weighted by Gasteiger charge is -2.16. The van der Waals surface area contributed by atoms with Gasteiger partial charge in [-0.1, -0.05) is 13.8 Å². The summed E-state index contributed by atoms with van der Waals surface area (Å²) in [7, 11) is -1.34. The van der Waals surface area contributed by atoms with Crippen LogP contribution in [0.1, 0.15) is 13.8 Å². The number of hydrogen-bond acceptors (Lipinski definition) is 5. The molecule has 5 nitrogen and oxygen atoms in total. The minimum atomic E-state index is -1.34. The van der Waals surface area contributed by atoms with E-state index in [0.717, 1.165) is 17.2 Å². The average molecular weight is 345 g/mol. The third-order valence-electron chi connectivity index (χ3n) is 2.28. The van der Waals surface area contributed by atoms with E-state index in [1.807, 2.05) is 13.8 Å². The van der Waals surface area contributed by atoms with E-state index in [0.29, 0.717) is 12.3 Å². The second kappa shape index (κ2) is 7.45. The Morgan fingerprint density at radius 3 is 2.71 bits per heavy atom. The molecule has 0 aliphatic rings. The summed E-state index contributed by atoms with van der Waals surface area (Å²) in [5.41, 5.74) is 0. The largest absolute Gasteiger partial charge is 0.303 e. The standard InChI is InChI=1S/C8H14BrFN4OS2/c1-3-13(4-2)5-6-17(15)8-11-7(9)12-14(8)16-10/h3-6H2,1-2H3. The van der Waals surface area contributed by atoms with Crippen molar-refractivity contribution in [3.63, 3.8) is 0 Å². The van der Waals surface area contributed by atoms with Crippen LogP contribution in [0.3, 0.4) is 0 Å². The second-order valence-electron chi connectivity index (χ2n) is 3.18. The third-order valence-corrected chi connectivity index (χ3v) is 4.34. The lowest BCUT2D eigenvalue weighted by molar-refractivity contribution is 0.323. The first-order chi connectivity index (χ1) is 8.12.